The number of piperazine rings is 1. The van der Waals surface area contributed by atoms with Crippen LogP contribution in [0.4, 0.5) is 0 Å². The van der Waals surface area contributed by atoms with Gasteiger partial charge in [-0.05, 0) is 30.9 Å². The molecule has 1 aromatic rings. The lowest BCUT2D eigenvalue weighted by atomic mass is 10.0. The first-order chi connectivity index (χ1) is 9.69. The van der Waals surface area contributed by atoms with E-state index in [-0.39, 0.29) is 5.91 Å². The largest absolute Gasteiger partial charge is 0.340 e. The van der Waals surface area contributed by atoms with E-state index in [1.54, 1.807) is 0 Å². The standard InChI is InChI=1S/C17H26N2O/c1-3-4-5-15-6-8-16(9-7-15)12-17(20)19-11-10-18-14(2)13-19/h6-9,14,18H,3-5,10-13H2,1-2H3. The van der Waals surface area contributed by atoms with Crippen LogP contribution in [0.15, 0.2) is 24.3 Å². The van der Waals surface area contributed by atoms with Crippen LogP contribution in [-0.4, -0.2) is 36.5 Å². The lowest BCUT2D eigenvalue weighted by molar-refractivity contribution is -0.131. The Hall–Kier alpha value is -1.35. The zero-order valence-corrected chi connectivity index (χ0v) is 12.7. The number of nitrogens with one attached hydrogen (secondary N) is 1. The molecule has 110 valence electrons. The second-order valence-corrected chi connectivity index (χ2v) is 5.79. The van der Waals surface area contributed by atoms with Gasteiger partial charge in [0.05, 0.1) is 6.42 Å². The van der Waals surface area contributed by atoms with E-state index in [2.05, 4.69) is 43.4 Å². The van der Waals surface area contributed by atoms with Gasteiger partial charge in [0.25, 0.3) is 0 Å². The van der Waals surface area contributed by atoms with Crippen molar-refractivity contribution in [1.29, 1.82) is 0 Å². The summed E-state index contributed by atoms with van der Waals surface area (Å²) in [6, 6.07) is 8.95. The lowest BCUT2D eigenvalue weighted by Gasteiger charge is -2.32. The molecule has 2 rings (SSSR count). The highest BCUT2D eigenvalue weighted by molar-refractivity contribution is 5.79. The van der Waals surface area contributed by atoms with Crippen molar-refractivity contribution in [1.82, 2.24) is 10.2 Å². The number of hydrogen-bond acceptors (Lipinski definition) is 2. The highest BCUT2D eigenvalue weighted by Crippen LogP contribution is 2.10. The molecule has 0 radical (unpaired) electrons. The summed E-state index contributed by atoms with van der Waals surface area (Å²) in [6.45, 7) is 6.90. The van der Waals surface area contributed by atoms with Crippen LogP contribution in [0.2, 0.25) is 0 Å². The van der Waals surface area contributed by atoms with Gasteiger partial charge in [-0.25, -0.2) is 0 Å². The molecule has 1 fully saturated rings. The zero-order valence-electron chi connectivity index (χ0n) is 12.7. The van der Waals surface area contributed by atoms with Gasteiger partial charge in [-0.3, -0.25) is 4.79 Å². The minimum Gasteiger partial charge on any atom is -0.340 e. The van der Waals surface area contributed by atoms with Crippen molar-refractivity contribution in [2.24, 2.45) is 0 Å². The summed E-state index contributed by atoms with van der Waals surface area (Å²) in [7, 11) is 0. The van der Waals surface area contributed by atoms with Crippen LogP contribution in [0.3, 0.4) is 0 Å². The number of carbonyl (C=O) groups is 1. The molecule has 1 N–H and O–H groups in total. The van der Waals surface area contributed by atoms with Crippen LogP contribution in [0.5, 0.6) is 0 Å². The van der Waals surface area contributed by atoms with Crippen LogP contribution in [0.1, 0.15) is 37.8 Å². The van der Waals surface area contributed by atoms with E-state index >= 15 is 0 Å². The number of nitrogens with zero attached hydrogens (tertiary/aromatic N) is 1. The molecule has 1 saturated heterocycles. The Morgan fingerprint density at radius 1 is 1.30 bits per heavy atom. The van der Waals surface area contributed by atoms with E-state index in [4.69, 9.17) is 0 Å². The number of amides is 1. The molecule has 3 heteroatoms. The smallest absolute Gasteiger partial charge is 0.227 e. The van der Waals surface area contributed by atoms with Crippen LogP contribution in [0, 0.1) is 0 Å². The summed E-state index contributed by atoms with van der Waals surface area (Å²) in [6.07, 6.45) is 4.12. The number of hydrogen-bond donors (Lipinski definition) is 1. The fourth-order valence-electron chi connectivity index (χ4n) is 2.65. The maximum atomic E-state index is 12.3. The molecule has 0 saturated carbocycles. The molecule has 1 aliphatic heterocycles. The van der Waals surface area contributed by atoms with E-state index in [9.17, 15) is 4.79 Å². The molecule has 1 aromatic carbocycles. The Morgan fingerprint density at radius 3 is 2.65 bits per heavy atom. The van der Waals surface area contributed by atoms with E-state index in [1.165, 1.54) is 18.4 Å². The Balaban J connectivity index is 1.87. The molecule has 0 aliphatic carbocycles. The van der Waals surface area contributed by atoms with Crippen molar-refractivity contribution in [2.45, 2.75) is 45.6 Å². The molecule has 1 unspecified atom stereocenters. The van der Waals surface area contributed by atoms with Crippen LogP contribution >= 0.6 is 0 Å². The highest BCUT2D eigenvalue weighted by atomic mass is 16.2. The van der Waals surface area contributed by atoms with Gasteiger partial charge < -0.3 is 10.2 Å². The topological polar surface area (TPSA) is 32.3 Å². The average molecular weight is 274 g/mol. The molecule has 1 heterocycles. The van der Waals surface area contributed by atoms with Crippen molar-refractivity contribution in [3.05, 3.63) is 35.4 Å². The third-order valence-electron chi connectivity index (χ3n) is 3.92. The SMILES string of the molecule is CCCCc1ccc(CC(=O)N2CCNC(C)C2)cc1. The molecule has 1 aliphatic rings. The summed E-state index contributed by atoms with van der Waals surface area (Å²) in [5.74, 6) is 0.250. The number of rotatable bonds is 5. The van der Waals surface area contributed by atoms with Gasteiger partial charge >= 0.3 is 0 Å². The molecule has 3 nitrogen and oxygen atoms in total. The van der Waals surface area contributed by atoms with E-state index in [0.717, 1.165) is 31.6 Å². The van der Waals surface area contributed by atoms with Gasteiger partial charge in [0.2, 0.25) is 5.91 Å². The zero-order chi connectivity index (χ0) is 14.4. The number of unbranched alkanes of at least 4 members (excludes halogenated alkanes) is 1. The predicted octanol–water partition coefficient (Wildman–Crippen LogP) is 2.39. The fraction of sp³-hybridized carbons (Fsp3) is 0.588. The molecule has 1 amide bonds. The van der Waals surface area contributed by atoms with Gasteiger partial charge in [-0.1, -0.05) is 37.6 Å². The minimum atomic E-state index is 0.250. The summed E-state index contributed by atoms with van der Waals surface area (Å²) in [5, 5.41) is 3.36. The van der Waals surface area contributed by atoms with Crippen LogP contribution in [0.25, 0.3) is 0 Å². The Kier molecular flexibility index (Phi) is 5.60. The molecular weight excluding hydrogens is 248 g/mol. The Bertz CT molecular complexity index is 427. The first kappa shape index (κ1) is 15.0. The van der Waals surface area contributed by atoms with E-state index in [1.807, 2.05) is 4.90 Å². The number of aryl methyl sites for hydroxylation is 1. The highest BCUT2D eigenvalue weighted by Gasteiger charge is 2.20. The average Bonchev–Trinajstić information content (AvgIpc) is 2.46. The van der Waals surface area contributed by atoms with Crippen molar-refractivity contribution in [3.63, 3.8) is 0 Å². The molecule has 0 aromatic heterocycles. The minimum absolute atomic E-state index is 0.250. The van der Waals surface area contributed by atoms with E-state index < -0.39 is 0 Å². The molecular formula is C17H26N2O. The maximum Gasteiger partial charge on any atom is 0.227 e. The number of carbonyl (C=O) groups excluding carboxylic acids is 1. The van der Waals surface area contributed by atoms with E-state index in [0.29, 0.717) is 12.5 Å². The van der Waals surface area contributed by atoms with Crippen molar-refractivity contribution in [3.8, 4) is 0 Å². The molecule has 0 bridgehead atoms. The second-order valence-electron chi connectivity index (χ2n) is 5.79. The first-order valence-electron chi connectivity index (χ1n) is 7.78. The molecule has 1 atom stereocenters. The van der Waals surface area contributed by atoms with Gasteiger partial charge in [0, 0.05) is 25.7 Å². The normalized spacial score (nSPS) is 19.1. The third-order valence-corrected chi connectivity index (χ3v) is 3.92. The van der Waals surface area contributed by atoms with Crippen molar-refractivity contribution < 1.29 is 4.79 Å². The Labute approximate surface area is 122 Å². The first-order valence-corrected chi connectivity index (χ1v) is 7.78. The molecule has 20 heavy (non-hydrogen) atoms. The van der Waals surface area contributed by atoms with Crippen LogP contribution in [-0.2, 0) is 17.6 Å². The Morgan fingerprint density at radius 2 is 2.00 bits per heavy atom. The quantitative estimate of drug-likeness (QED) is 0.894. The predicted molar refractivity (Wildman–Crippen MR) is 82.8 cm³/mol. The van der Waals surface area contributed by atoms with Gasteiger partial charge in [-0.2, -0.15) is 0 Å². The summed E-state index contributed by atoms with van der Waals surface area (Å²) in [5.41, 5.74) is 2.50. The summed E-state index contributed by atoms with van der Waals surface area (Å²) >= 11 is 0. The summed E-state index contributed by atoms with van der Waals surface area (Å²) < 4.78 is 0. The third kappa shape index (κ3) is 4.34. The monoisotopic (exact) mass is 274 g/mol. The van der Waals surface area contributed by atoms with Gasteiger partial charge in [0.15, 0.2) is 0 Å². The van der Waals surface area contributed by atoms with Crippen LogP contribution < -0.4 is 5.32 Å². The molecule has 0 spiro atoms. The lowest BCUT2D eigenvalue weighted by Crippen LogP contribution is -2.51. The second kappa shape index (κ2) is 7.44. The summed E-state index contributed by atoms with van der Waals surface area (Å²) in [4.78, 5) is 14.2. The fourth-order valence-corrected chi connectivity index (χ4v) is 2.65. The number of benzene rings is 1. The van der Waals surface area contributed by atoms with Gasteiger partial charge in [-0.15, -0.1) is 0 Å². The van der Waals surface area contributed by atoms with Crippen molar-refractivity contribution >= 4 is 5.91 Å². The maximum absolute atomic E-state index is 12.3. The van der Waals surface area contributed by atoms with Crippen molar-refractivity contribution in [2.75, 3.05) is 19.6 Å². The van der Waals surface area contributed by atoms with Gasteiger partial charge in [0.1, 0.15) is 0 Å².